The molecule has 3 aromatic rings. The fraction of sp³-hybridized carbons (Fsp3) is 0.200. The average Bonchev–Trinajstić information content (AvgIpc) is 3.04. The van der Waals surface area contributed by atoms with Crippen LogP contribution in [0.15, 0.2) is 57.7 Å². The van der Waals surface area contributed by atoms with Crippen LogP contribution in [-0.4, -0.2) is 23.8 Å². The van der Waals surface area contributed by atoms with Crippen molar-refractivity contribution >= 4 is 16.9 Å². The SMILES string of the molecule is CCOC(=O)C1Oc2c(c(=O)oc3ccccc23)C1c1ccc(O)cc1. The zero-order chi connectivity index (χ0) is 18.3. The number of carbonyl (C=O) groups is 1. The molecule has 0 fully saturated rings. The van der Waals surface area contributed by atoms with E-state index in [1.165, 1.54) is 12.1 Å². The number of phenolic OH excluding ortho intramolecular Hbond substituents is 1. The third-order valence-electron chi connectivity index (χ3n) is 4.43. The number of rotatable bonds is 3. The zero-order valence-electron chi connectivity index (χ0n) is 14.0. The van der Waals surface area contributed by atoms with Gasteiger partial charge in [-0.2, -0.15) is 0 Å². The summed E-state index contributed by atoms with van der Waals surface area (Å²) >= 11 is 0. The van der Waals surface area contributed by atoms with Crippen LogP contribution in [0.25, 0.3) is 11.0 Å². The summed E-state index contributed by atoms with van der Waals surface area (Å²) in [4.78, 5) is 25.1. The van der Waals surface area contributed by atoms with Crippen molar-refractivity contribution in [3.63, 3.8) is 0 Å². The van der Waals surface area contributed by atoms with Crippen molar-refractivity contribution in [3.05, 3.63) is 70.1 Å². The molecular formula is C20H16O6. The second kappa shape index (κ2) is 6.22. The van der Waals surface area contributed by atoms with Crippen LogP contribution in [0, 0.1) is 0 Å². The van der Waals surface area contributed by atoms with E-state index in [9.17, 15) is 14.7 Å². The number of fused-ring (bicyclic) bond motifs is 3. The summed E-state index contributed by atoms with van der Waals surface area (Å²) in [6, 6.07) is 13.3. The maximum absolute atomic E-state index is 12.7. The van der Waals surface area contributed by atoms with Crippen LogP contribution in [0.4, 0.5) is 0 Å². The molecule has 0 saturated heterocycles. The van der Waals surface area contributed by atoms with Crippen LogP contribution in [0.3, 0.4) is 0 Å². The minimum Gasteiger partial charge on any atom is -0.508 e. The van der Waals surface area contributed by atoms with E-state index in [0.717, 1.165) is 0 Å². The normalized spacial score (nSPS) is 18.3. The molecule has 2 aromatic carbocycles. The van der Waals surface area contributed by atoms with Crippen LogP contribution in [0.5, 0.6) is 11.5 Å². The fourth-order valence-electron chi connectivity index (χ4n) is 3.31. The van der Waals surface area contributed by atoms with E-state index in [0.29, 0.717) is 22.3 Å². The van der Waals surface area contributed by atoms with Crippen LogP contribution in [0.1, 0.15) is 24.0 Å². The van der Waals surface area contributed by atoms with Gasteiger partial charge < -0.3 is 19.0 Å². The Bertz CT molecular complexity index is 1030. The number of hydrogen-bond acceptors (Lipinski definition) is 6. The summed E-state index contributed by atoms with van der Waals surface area (Å²) in [6.07, 6.45) is -0.997. The van der Waals surface area contributed by atoms with E-state index in [4.69, 9.17) is 13.9 Å². The van der Waals surface area contributed by atoms with Gasteiger partial charge in [0.25, 0.3) is 0 Å². The average molecular weight is 352 g/mol. The van der Waals surface area contributed by atoms with Crippen LogP contribution in [-0.2, 0) is 9.53 Å². The summed E-state index contributed by atoms with van der Waals surface area (Å²) in [6.45, 7) is 1.91. The molecule has 0 radical (unpaired) electrons. The number of esters is 1. The minimum atomic E-state index is -0.997. The Kier molecular flexibility index (Phi) is 3.88. The van der Waals surface area contributed by atoms with E-state index in [-0.39, 0.29) is 17.9 Å². The maximum Gasteiger partial charge on any atom is 0.348 e. The molecule has 2 heterocycles. The van der Waals surface area contributed by atoms with Crippen molar-refractivity contribution in [2.24, 2.45) is 0 Å². The lowest BCUT2D eigenvalue weighted by Crippen LogP contribution is -2.32. The smallest absolute Gasteiger partial charge is 0.348 e. The van der Waals surface area contributed by atoms with Gasteiger partial charge in [0.2, 0.25) is 6.10 Å². The molecule has 1 aromatic heterocycles. The topological polar surface area (TPSA) is 86.0 Å². The number of ether oxygens (including phenoxy) is 2. The van der Waals surface area contributed by atoms with Gasteiger partial charge in [-0.3, -0.25) is 0 Å². The van der Waals surface area contributed by atoms with Gasteiger partial charge in [0, 0.05) is 0 Å². The van der Waals surface area contributed by atoms with Gasteiger partial charge in [-0.15, -0.1) is 0 Å². The number of hydrogen-bond donors (Lipinski definition) is 1. The monoisotopic (exact) mass is 352 g/mol. The molecule has 6 nitrogen and oxygen atoms in total. The third-order valence-corrected chi connectivity index (χ3v) is 4.43. The number of aromatic hydroxyl groups is 1. The van der Waals surface area contributed by atoms with Crippen molar-refractivity contribution in [1.29, 1.82) is 0 Å². The standard InChI is InChI=1S/C20H16O6/c1-2-24-20(23)18-15(11-7-9-12(21)10-8-11)16-17(26-18)13-5-3-4-6-14(13)25-19(16)22/h3-10,15,18,21H,2H2,1H3. The van der Waals surface area contributed by atoms with Crippen molar-refractivity contribution < 1.29 is 23.8 Å². The third kappa shape index (κ3) is 2.50. The maximum atomic E-state index is 12.7. The van der Waals surface area contributed by atoms with Crippen LogP contribution >= 0.6 is 0 Å². The van der Waals surface area contributed by atoms with E-state index in [2.05, 4.69) is 0 Å². The van der Waals surface area contributed by atoms with Crippen LogP contribution < -0.4 is 10.4 Å². The summed E-state index contributed by atoms with van der Waals surface area (Å²) in [5.41, 5.74) is 0.781. The van der Waals surface area contributed by atoms with Crippen molar-refractivity contribution in [2.45, 2.75) is 18.9 Å². The van der Waals surface area contributed by atoms with E-state index in [1.54, 1.807) is 43.3 Å². The van der Waals surface area contributed by atoms with E-state index >= 15 is 0 Å². The van der Waals surface area contributed by atoms with Gasteiger partial charge in [-0.25, -0.2) is 9.59 Å². The molecule has 0 aliphatic carbocycles. The molecule has 0 bridgehead atoms. The molecular weight excluding hydrogens is 336 g/mol. The molecule has 132 valence electrons. The predicted octanol–water partition coefficient (Wildman–Crippen LogP) is 2.95. The molecule has 1 aliphatic rings. The van der Waals surface area contributed by atoms with E-state index < -0.39 is 23.6 Å². The van der Waals surface area contributed by atoms with Gasteiger partial charge in [-0.05, 0) is 36.8 Å². The number of benzene rings is 2. The Morgan fingerprint density at radius 2 is 1.88 bits per heavy atom. The van der Waals surface area contributed by atoms with Crippen molar-refractivity contribution in [1.82, 2.24) is 0 Å². The molecule has 0 amide bonds. The first-order valence-electron chi connectivity index (χ1n) is 8.28. The highest BCUT2D eigenvalue weighted by molar-refractivity contribution is 5.88. The fourth-order valence-corrected chi connectivity index (χ4v) is 3.31. The molecule has 0 saturated carbocycles. The molecule has 0 spiro atoms. The molecule has 1 N–H and O–H groups in total. The van der Waals surface area contributed by atoms with Crippen molar-refractivity contribution in [3.8, 4) is 11.5 Å². The van der Waals surface area contributed by atoms with Crippen molar-refractivity contribution in [2.75, 3.05) is 6.61 Å². The lowest BCUT2D eigenvalue weighted by atomic mass is 9.88. The lowest BCUT2D eigenvalue weighted by molar-refractivity contribution is -0.151. The first-order valence-corrected chi connectivity index (χ1v) is 8.28. The zero-order valence-corrected chi connectivity index (χ0v) is 14.0. The summed E-state index contributed by atoms with van der Waals surface area (Å²) in [7, 11) is 0. The second-order valence-electron chi connectivity index (χ2n) is 5.99. The number of carbonyl (C=O) groups excluding carboxylic acids is 1. The Morgan fingerprint density at radius 1 is 1.15 bits per heavy atom. The molecule has 2 atom stereocenters. The number of para-hydroxylation sites is 1. The molecule has 1 aliphatic heterocycles. The van der Waals surface area contributed by atoms with Gasteiger partial charge in [0.1, 0.15) is 17.1 Å². The molecule has 6 heteroatoms. The number of phenols is 1. The first kappa shape index (κ1) is 16.2. The highest BCUT2D eigenvalue weighted by atomic mass is 16.6. The second-order valence-corrected chi connectivity index (χ2v) is 5.99. The molecule has 26 heavy (non-hydrogen) atoms. The molecule has 4 rings (SSSR count). The highest BCUT2D eigenvalue weighted by Crippen LogP contribution is 2.44. The van der Waals surface area contributed by atoms with Gasteiger partial charge in [0.15, 0.2) is 0 Å². The summed E-state index contributed by atoms with van der Waals surface area (Å²) in [5.74, 6) is -0.796. The quantitative estimate of drug-likeness (QED) is 0.576. The van der Waals surface area contributed by atoms with E-state index in [1.807, 2.05) is 0 Å². The Labute approximate surface area is 148 Å². The van der Waals surface area contributed by atoms with Gasteiger partial charge in [-0.1, -0.05) is 24.3 Å². The minimum absolute atomic E-state index is 0.0890. The van der Waals surface area contributed by atoms with Crippen LogP contribution in [0.2, 0.25) is 0 Å². The lowest BCUT2D eigenvalue weighted by Gasteiger charge is -2.17. The Morgan fingerprint density at radius 3 is 2.62 bits per heavy atom. The summed E-state index contributed by atoms with van der Waals surface area (Å²) < 4.78 is 16.5. The first-order chi connectivity index (χ1) is 12.6. The largest absolute Gasteiger partial charge is 0.508 e. The van der Waals surface area contributed by atoms with Gasteiger partial charge >= 0.3 is 11.6 Å². The Balaban J connectivity index is 1.94. The Hall–Kier alpha value is -3.28. The highest BCUT2D eigenvalue weighted by Gasteiger charge is 2.45. The predicted molar refractivity (Wildman–Crippen MR) is 93.5 cm³/mol. The molecule has 2 unspecified atom stereocenters. The summed E-state index contributed by atoms with van der Waals surface area (Å²) in [5, 5.41) is 10.2. The van der Waals surface area contributed by atoms with Gasteiger partial charge in [0.05, 0.1) is 23.5 Å².